The van der Waals surface area contributed by atoms with Crippen molar-refractivity contribution in [3.8, 4) is 5.75 Å². The van der Waals surface area contributed by atoms with Crippen molar-refractivity contribution in [1.82, 2.24) is 0 Å². The van der Waals surface area contributed by atoms with E-state index >= 15 is 0 Å². The second kappa shape index (κ2) is 4.65. The van der Waals surface area contributed by atoms with Gasteiger partial charge in [-0.15, -0.1) is 0 Å². The van der Waals surface area contributed by atoms with Gasteiger partial charge in [0.2, 0.25) is 0 Å². The Morgan fingerprint density at radius 1 is 1.33 bits per heavy atom. The van der Waals surface area contributed by atoms with Crippen molar-refractivity contribution in [2.75, 3.05) is 7.11 Å². The second-order valence-electron chi connectivity index (χ2n) is 4.66. The predicted octanol–water partition coefficient (Wildman–Crippen LogP) is 3.81. The van der Waals surface area contributed by atoms with E-state index in [0.717, 1.165) is 18.4 Å². The Hall–Kier alpha value is -1.05. The second-order valence-corrected chi connectivity index (χ2v) is 4.66. The van der Waals surface area contributed by atoms with E-state index < -0.39 is 0 Å². The van der Waals surface area contributed by atoms with Gasteiger partial charge in [0.15, 0.2) is 11.6 Å². The zero-order chi connectivity index (χ0) is 11.5. The molecule has 0 radical (unpaired) electrons. The van der Waals surface area contributed by atoms with Crippen molar-refractivity contribution in [2.24, 2.45) is 5.41 Å². The number of ether oxygens (including phenoxy) is 1. The Bertz CT molecular complexity index is 331. The van der Waals surface area contributed by atoms with Crippen LogP contribution in [-0.2, 0) is 6.42 Å². The van der Waals surface area contributed by atoms with Crippen molar-refractivity contribution in [1.29, 1.82) is 0 Å². The summed E-state index contributed by atoms with van der Waals surface area (Å²) >= 11 is 0. The van der Waals surface area contributed by atoms with Gasteiger partial charge >= 0.3 is 0 Å². The standard InChI is InChI=1S/C13H19FO/c1-5-13(2,3)9-10-6-7-12(15-4)11(14)8-10/h6-8H,5,9H2,1-4H3. The SMILES string of the molecule is CCC(C)(C)Cc1ccc(OC)c(F)c1. The molecule has 2 heteroatoms. The van der Waals surface area contributed by atoms with Gasteiger partial charge in [-0.25, -0.2) is 4.39 Å². The summed E-state index contributed by atoms with van der Waals surface area (Å²) in [6.45, 7) is 6.53. The highest BCUT2D eigenvalue weighted by Gasteiger charge is 2.16. The fraction of sp³-hybridized carbons (Fsp3) is 0.538. The number of rotatable bonds is 4. The highest BCUT2D eigenvalue weighted by molar-refractivity contribution is 5.29. The zero-order valence-corrected chi connectivity index (χ0v) is 9.93. The third-order valence-electron chi connectivity index (χ3n) is 2.86. The lowest BCUT2D eigenvalue weighted by atomic mass is 9.83. The summed E-state index contributed by atoms with van der Waals surface area (Å²) in [5.74, 6) is 0.0370. The van der Waals surface area contributed by atoms with Gasteiger partial charge in [-0.05, 0) is 29.5 Å². The van der Waals surface area contributed by atoms with Crippen LogP contribution in [-0.4, -0.2) is 7.11 Å². The Morgan fingerprint density at radius 2 is 2.00 bits per heavy atom. The third-order valence-corrected chi connectivity index (χ3v) is 2.86. The molecule has 0 saturated carbocycles. The fourth-order valence-electron chi connectivity index (χ4n) is 1.50. The largest absolute Gasteiger partial charge is 0.494 e. The number of halogens is 1. The minimum absolute atomic E-state index is 0.223. The topological polar surface area (TPSA) is 9.23 Å². The zero-order valence-electron chi connectivity index (χ0n) is 9.93. The van der Waals surface area contributed by atoms with Gasteiger partial charge in [-0.3, -0.25) is 0 Å². The molecule has 0 atom stereocenters. The molecule has 0 aliphatic carbocycles. The van der Waals surface area contributed by atoms with E-state index in [1.54, 1.807) is 12.1 Å². The molecule has 0 unspecified atom stereocenters. The van der Waals surface area contributed by atoms with Crippen LogP contribution in [0.1, 0.15) is 32.8 Å². The molecule has 1 rings (SSSR count). The van der Waals surface area contributed by atoms with Crippen LogP contribution >= 0.6 is 0 Å². The van der Waals surface area contributed by atoms with Crippen LogP contribution in [0.4, 0.5) is 4.39 Å². The highest BCUT2D eigenvalue weighted by atomic mass is 19.1. The minimum Gasteiger partial charge on any atom is -0.494 e. The van der Waals surface area contributed by atoms with Gasteiger partial charge in [0.05, 0.1) is 7.11 Å². The van der Waals surface area contributed by atoms with E-state index in [1.165, 1.54) is 7.11 Å². The van der Waals surface area contributed by atoms with Crippen LogP contribution in [0.3, 0.4) is 0 Å². The molecule has 1 nitrogen and oxygen atoms in total. The van der Waals surface area contributed by atoms with Crippen LogP contribution < -0.4 is 4.74 Å². The molecule has 0 amide bonds. The maximum atomic E-state index is 13.4. The molecular formula is C13H19FO. The minimum atomic E-state index is -0.276. The van der Waals surface area contributed by atoms with E-state index in [4.69, 9.17) is 4.74 Å². The van der Waals surface area contributed by atoms with Gasteiger partial charge in [0.1, 0.15) is 0 Å². The van der Waals surface area contributed by atoms with Crippen LogP contribution in [0.5, 0.6) is 5.75 Å². The molecule has 0 aliphatic rings. The first-order valence-electron chi connectivity index (χ1n) is 5.31. The molecule has 0 bridgehead atoms. The molecule has 0 heterocycles. The Balaban J connectivity index is 2.84. The van der Waals surface area contributed by atoms with Crippen LogP contribution in [0.2, 0.25) is 0 Å². The van der Waals surface area contributed by atoms with Gasteiger partial charge in [-0.1, -0.05) is 33.3 Å². The summed E-state index contributed by atoms with van der Waals surface area (Å²) in [7, 11) is 1.48. The number of hydrogen-bond donors (Lipinski definition) is 0. The van der Waals surface area contributed by atoms with Crippen molar-refractivity contribution < 1.29 is 9.13 Å². The first-order valence-corrected chi connectivity index (χ1v) is 5.31. The van der Waals surface area contributed by atoms with Crippen molar-refractivity contribution in [2.45, 2.75) is 33.6 Å². The molecular weight excluding hydrogens is 191 g/mol. The summed E-state index contributed by atoms with van der Waals surface area (Å²) < 4.78 is 18.3. The lowest BCUT2D eigenvalue weighted by molar-refractivity contribution is 0.347. The molecule has 15 heavy (non-hydrogen) atoms. The first kappa shape index (κ1) is 12.0. The van der Waals surface area contributed by atoms with Gasteiger partial charge in [-0.2, -0.15) is 0 Å². The average Bonchev–Trinajstić information content (AvgIpc) is 2.17. The molecule has 1 aromatic rings. The number of benzene rings is 1. The van der Waals surface area contributed by atoms with Crippen molar-refractivity contribution >= 4 is 0 Å². The number of methoxy groups -OCH3 is 1. The summed E-state index contributed by atoms with van der Waals surface area (Å²) in [4.78, 5) is 0. The average molecular weight is 210 g/mol. The Labute approximate surface area is 91.3 Å². The van der Waals surface area contributed by atoms with Crippen LogP contribution in [0.25, 0.3) is 0 Å². The molecule has 1 aromatic carbocycles. The molecule has 0 aromatic heterocycles. The monoisotopic (exact) mass is 210 g/mol. The molecule has 0 saturated heterocycles. The van der Waals surface area contributed by atoms with Gasteiger partial charge in [0.25, 0.3) is 0 Å². The smallest absolute Gasteiger partial charge is 0.165 e. The Kier molecular flexibility index (Phi) is 3.72. The van der Waals surface area contributed by atoms with E-state index in [2.05, 4.69) is 20.8 Å². The lowest BCUT2D eigenvalue weighted by Crippen LogP contribution is -2.13. The third kappa shape index (κ3) is 3.22. The maximum Gasteiger partial charge on any atom is 0.165 e. The van der Waals surface area contributed by atoms with Crippen molar-refractivity contribution in [3.63, 3.8) is 0 Å². The van der Waals surface area contributed by atoms with Gasteiger partial charge < -0.3 is 4.74 Å². The van der Waals surface area contributed by atoms with E-state index in [0.29, 0.717) is 5.75 Å². The fourth-order valence-corrected chi connectivity index (χ4v) is 1.50. The highest BCUT2D eigenvalue weighted by Crippen LogP contribution is 2.27. The van der Waals surface area contributed by atoms with Crippen molar-refractivity contribution in [3.05, 3.63) is 29.6 Å². The Morgan fingerprint density at radius 3 is 2.47 bits per heavy atom. The van der Waals surface area contributed by atoms with E-state index in [9.17, 15) is 4.39 Å². The molecule has 0 aliphatic heterocycles. The molecule has 84 valence electrons. The van der Waals surface area contributed by atoms with Crippen LogP contribution in [0, 0.1) is 11.2 Å². The quantitative estimate of drug-likeness (QED) is 0.734. The van der Waals surface area contributed by atoms with Crippen LogP contribution in [0.15, 0.2) is 18.2 Å². The number of hydrogen-bond acceptors (Lipinski definition) is 1. The summed E-state index contributed by atoms with van der Waals surface area (Å²) in [5, 5.41) is 0. The van der Waals surface area contributed by atoms with E-state index in [1.807, 2.05) is 6.07 Å². The predicted molar refractivity (Wildman–Crippen MR) is 60.7 cm³/mol. The lowest BCUT2D eigenvalue weighted by Gasteiger charge is -2.22. The van der Waals surface area contributed by atoms with Gasteiger partial charge in [0, 0.05) is 0 Å². The van der Waals surface area contributed by atoms with E-state index in [-0.39, 0.29) is 11.2 Å². The summed E-state index contributed by atoms with van der Waals surface area (Å²) in [6, 6.07) is 5.19. The molecule has 0 fully saturated rings. The molecule has 0 N–H and O–H groups in total. The first-order chi connectivity index (χ1) is 6.98. The summed E-state index contributed by atoms with van der Waals surface area (Å²) in [5.41, 5.74) is 1.25. The summed E-state index contributed by atoms with van der Waals surface area (Å²) in [6.07, 6.45) is 1.98. The normalized spacial score (nSPS) is 11.5. The molecule has 0 spiro atoms. The maximum absolute atomic E-state index is 13.4.